The predicted molar refractivity (Wildman–Crippen MR) is 83.9 cm³/mol. The molecular weight excluding hydrogens is 339 g/mol. The summed E-state index contributed by atoms with van der Waals surface area (Å²) in [6.45, 7) is 0. The first-order chi connectivity index (χ1) is 11.8. The zero-order valence-corrected chi connectivity index (χ0v) is 12.5. The Bertz CT molecular complexity index is 820. The number of hydrogen-bond acceptors (Lipinski definition) is 4. The Morgan fingerprint density at radius 1 is 1.04 bits per heavy atom. The van der Waals surface area contributed by atoms with E-state index < -0.39 is 23.6 Å². The number of rotatable bonds is 3. The number of halogens is 3. The number of anilines is 1. The molecule has 0 spiro atoms. The molecule has 6 nitrogen and oxygen atoms in total. The Morgan fingerprint density at radius 2 is 1.76 bits per heavy atom. The summed E-state index contributed by atoms with van der Waals surface area (Å²) >= 11 is 0. The molecule has 2 aromatic carbocycles. The highest BCUT2D eigenvalue weighted by Gasteiger charge is 2.30. The van der Waals surface area contributed by atoms with E-state index >= 15 is 0 Å². The van der Waals surface area contributed by atoms with Crippen LogP contribution in [0.4, 0.5) is 18.9 Å². The lowest BCUT2D eigenvalue weighted by atomic mass is 10.2. The van der Waals surface area contributed by atoms with Gasteiger partial charge in [-0.2, -0.15) is 18.3 Å². The molecule has 0 fully saturated rings. The minimum Gasteiger partial charge on any atom is -0.508 e. The zero-order chi connectivity index (χ0) is 18.4. The van der Waals surface area contributed by atoms with Gasteiger partial charge in [-0.3, -0.25) is 9.59 Å². The van der Waals surface area contributed by atoms with Crippen LogP contribution in [0.5, 0.6) is 5.75 Å². The second kappa shape index (κ2) is 7.47. The van der Waals surface area contributed by atoms with Crippen molar-refractivity contribution in [3.8, 4) is 5.75 Å². The smallest absolute Gasteiger partial charge is 0.416 e. The molecule has 0 aliphatic rings. The molecule has 0 saturated heterocycles. The fourth-order valence-corrected chi connectivity index (χ4v) is 1.78. The monoisotopic (exact) mass is 351 g/mol. The van der Waals surface area contributed by atoms with Crippen LogP contribution in [0, 0.1) is 0 Å². The van der Waals surface area contributed by atoms with E-state index in [1.165, 1.54) is 24.4 Å². The molecule has 0 heterocycles. The lowest BCUT2D eigenvalue weighted by Gasteiger charge is -2.09. The van der Waals surface area contributed by atoms with Crippen LogP contribution in [0.15, 0.2) is 53.6 Å². The summed E-state index contributed by atoms with van der Waals surface area (Å²) in [6, 6.07) is 9.84. The summed E-state index contributed by atoms with van der Waals surface area (Å²) in [6.07, 6.45) is -3.37. The van der Waals surface area contributed by atoms with E-state index in [1.54, 1.807) is 12.1 Å². The number of hydrazone groups is 1. The zero-order valence-electron chi connectivity index (χ0n) is 12.5. The van der Waals surface area contributed by atoms with Crippen molar-refractivity contribution < 1.29 is 27.9 Å². The number of phenolic OH excluding ortho intramolecular Hbond substituents is 1. The minimum absolute atomic E-state index is 0.00225. The molecular formula is C16H12F3N3O3. The molecule has 2 aromatic rings. The van der Waals surface area contributed by atoms with E-state index in [1.807, 2.05) is 10.7 Å². The van der Waals surface area contributed by atoms with Gasteiger partial charge in [0.2, 0.25) is 0 Å². The van der Waals surface area contributed by atoms with Crippen molar-refractivity contribution in [2.75, 3.05) is 5.32 Å². The number of carbonyl (C=O) groups excluding carboxylic acids is 2. The van der Waals surface area contributed by atoms with Crippen LogP contribution in [0.2, 0.25) is 0 Å². The first kappa shape index (κ1) is 18.0. The molecule has 2 amide bonds. The molecule has 0 radical (unpaired) electrons. The summed E-state index contributed by atoms with van der Waals surface area (Å²) < 4.78 is 37.8. The summed E-state index contributed by atoms with van der Waals surface area (Å²) in [5.74, 6) is -2.33. The second-order valence-electron chi connectivity index (χ2n) is 4.83. The Balaban J connectivity index is 1.95. The average molecular weight is 351 g/mol. The molecule has 130 valence electrons. The predicted octanol–water partition coefficient (Wildman–Crippen LogP) is 2.50. The molecule has 0 aliphatic carbocycles. The van der Waals surface area contributed by atoms with Gasteiger partial charge >= 0.3 is 18.0 Å². The Labute approximate surface area is 140 Å². The van der Waals surface area contributed by atoms with Gasteiger partial charge in [0.05, 0.1) is 11.8 Å². The molecule has 0 bridgehead atoms. The van der Waals surface area contributed by atoms with Gasteiger partial charge in [0.15, 0.2) is 0 Å². The molecule has 2 rings (SSSR count). The first-order valence-corrected chi connectivity index (χ1v) is 6.86. The molecule has 0 unspecified atom stereocenters. The van der Waals surface area contributed by atoms with Gasteiger partial charge in [0.25, 0.3) is 0 Å². The molecule has 0 aliphatic heterocycles. The van der Waals surface area contributed by atoms with Crippen LogP contribution in [-0.2, 0) is 15.8 Å². The average Bonchev–Trinajstić information content (AvgIpc) is 2.54. The van der Waals surface area contributed by atoms with Gasteiger partial charge in [0, 0.05) is 5.69 Å². The fourth-order valence-electron chi connectivity index (χ4n) is 1.78. The first-order valence-electron chi connectivity index (χ1n) is 6.86. The number of hydrogen-bond donors (Lipinski definition) is 3. The van der Waals surface area contributed by atoms with Gasteiger partial charge in [-0.15, -0.1) is 0 Å². The van der Waals surface area contributed by atoms with Gasteiger partial charge in [-0.25, -0.2) is 5.43 Å². The van der Waals surface area contributed by atoms with Gasteiger partial charge in [0.1, 0.15) is 5.75 Å². The van der Waals surface area contributed by atoms with Crippen molar-refractivity contribution in [3.05, 3.63) is 59.7 Å². The van der Waals surface area contributed by atoms with E-state index in [4.69, 9.17) is 0 Å². The van der Waals surface area contributed by atoms with Crippen LogP contribution in [0.1, 0.15) is 11.1 Å². The Kier molecular flexibility index (Phi) is 5.38. The van der Waals surface area contributed by atoms with Crippen molar-refractivity contribution in [2.24, 2.45) is 5.10 Å². The Hall–Kier alpha value is -3.36. The standard InChI is InChI=1S/C16H12F3N3O3/c17-16(18,19)11-4-2-5-12(8-11)21-14(24)15(25)22-20-9-10-3-1-6-13(23)7-10/h1-9,23H,(H,21,24)(H,22,25)/b20-9-. The molecule has 0 aromatic heterocycles. The van der Waals surface area contributed by atoms with Crippen LogP contribution in [0.3, 0.4) is 0 Å². The van der Waals surface area contributed by atoms with E-state index in [0.29, 0.717) is 11.6 Å². The van der Waals surface area contributed by atoms with Crippen LogP contribution >= 0.6 is 0 Å². The maximum atomic E-state index is 12.6. The van der Waals surface area contributed by atoms with E-state index in [2.05, 4.69) is 5.10 Å². The lowest BCUT2D eigenvalue weighted by molar-refractivity contribution is -0.137. The SMILES string of the molecule is O=C(N/N=C\c1cccc(O)c1)C(=O)Nc1cccc(C(F)(F)F)c1. The van der Waals surface area contributed by atoms with E-state index in [0.717, 1.165) is 12.1 Å². The maximum absolute atomic E-state index is 12.6. The summed E-state index contributed by atoms with van der Waals surface area (Å²) in [5.41, 5.74) is 1.28. The van der Waals surface area contributed by atoms with Gasteiger partial charge in [-0.1, -0.05) is 18.2 Å². The molecule has 25 heavy (non-hydrogen) atoms. The van der Waals surface area contributed by atoms with E-state index in [-0.39, 0.29) is 11.4 Å². The van der Waals surface area contributed by atoms with Gasteiger partial charge in [-0.05, 0) is 35.9 Å². The fraction of sp³-hybridized carbons (Fsp3) is 0.0625. The third-order valence-electron chi connectivity index (χ3n) is 2.90. The number of aromatic hydroxyl groups is 1. The number of alkyl halides is 3. The molecule has 3 N–H and O–H groups in total. The van der Waals surface area contributed by atoms with Crippen LogP contribution < -0.4 is 10.7 Å². The molecule has 0 saturated carbocycles. The van der Waals surface area contributed by atoms with E-state index in [9.17, 15) is 27.9 Å². The summed E-state index contributed by atoms with van der Waals surface area (Å²) in [5, 5.41) is 14.8. The topological polar surface area (TPSA) is 90.8 Å². The summed E-state index contributed by atoms with van der Waals surface area (Å²) in [7, 11) is 0. The highest BCUT2D eigenvalue weighted by molar-refractivity contribution is 6.39. The molecule has 9 heteroatoms. The molecule has 0 atom stereocenters. The quantitative estimate of drug-likeness (QED) is 0.451. The van der Waals surface area contributed by atoms with Crippen molar-refractivity contribution in [3.63, 3.8) is 0 Å². The number of carbonyl (C=O) groups is 2. The summed E-state index contributed by atoms with van der Waals surface area (Å²) in [4.78, 5) is 23.2. The van der Waals surface area contributed by atoms with Gasteiger partial charge < -0.3 is 10.4 Å². The van der Waals surface area contributed by atoms with Crippen molar-refractivity contribution >= 4 is 23.7 Å². The number of nitrogens with one attached hydrogen (secondary N) is 2. The van der Waals surface area contributed by atoms with Crippen LogP contribution in [0.25, 0.3) is 0 Å². The normalized spacial score (nSPS) is 11.3. The van der Waals surface area contributed by atoms with Crippen LogP contribution in [-0.4, -0.2) is 23.1 Å². The maximum Gasteiger partial charge on any atom is 0.416 e. The third-order valence-corrected chi connectivity index (χ3v) is 2.90. The second-order valence-corrected chi connectivity index (χ2v) is 4.83. The number of benzene rings is 2. The van der Waals surface area contributed by atoms with Crippen molar-refractivity contribution in [2.45, 2.75) is 6.18 Å². The number of phenols is 1. The highest BCUT2D eigenvalue weighted by Crippen LogP contribution is 2.30. The minimum atomic E-state index is -4.56. The third kappa shape index (κ3) is 5.34. The van der Waals surface area contributed by atoms with Crippen molar-refractivity contribution in [1.82, 2.24) is 5.43 Å². The highest BCUT2D eigenvalue weighted by atomic mass is 19.4. The van der Waals surface area contributed by atoms with Crippen molar-refractivity contribution in [1.29, 1.82) is 0 Å². The largest absolute Gasteiger partial charge is 0.508 e. The lowest BCUT2D eigenvalue weighted by Crippen LogP contribution is -2.32. The number of nitrogens with zero attached hydrogens (tertiary/aromatic N) is 1. The Morgan fingerprint density at radius 3 is 2.44 bits per heavy atom. The number of amides is 2.